The molecule has 142 valence electrons. The number of para-hydroxylation sites is 3. The summed E-state index contributed by atoms with van der Waals surface area (Å²) in [4.78, 5) is 27.0. The molecule has 1 aromatic heterocycles. The Labute approximate surface area is 163 Å². The van der Waals surface area contributed by atoms with Crippen LogP contribution in [0, 0.1) is 19.8 Å². The van der Waals surface area contributed by atoms with Crippen LogP contribution in [0.25, 0.3) is 5.69 Å². The summed E-state index contributed by atoms with van der Waals surface area (Å²) in [5, 5.41) is 7.51. The maximum atomic E-state index is 12.9. The predicted octanol–water partition coefficient (Wildman–Crippen LogP) is 3.48. The molecule has 3 aromatic rings. The van der Waals surface area contributed by atoms with E-state index in [-0.39, 0.29) is 24.2 Å². The average molecular weight is 374 g/mol. The molecule has 1 aliphatic heterocycles. The van der Waals surface area contributed by atoms with Crippen LogP contribution in [-0.2, 0) is 9.59 Å². The van der Waals surface area contributed by atoms with Crippen molar-refractivity contribution >= 4 is 23.2 Å². The molecule has 0 aliphatic carbocycles. The number of carbonyl (C=O) groups excluding carboxylic acids is 2. The van der Waals surface area contributed by atoms with Crippen molar-refractivity contribution in [2.75, 3.05) is 16.8 Å². The Bertz CT molecular complexity index is 1030. The zero-order valence-electron chi connectivity index (χ0n) is 15.9. The second-order valence-corrected chi connectivity index (χ2v) is 7.09. The van der Waals surface area contributed by atoms with Crippen molar-refractivity contribution in [2.24, 2.45) is 5.92 Å². The number of nitrogens with zero attached hydrogens (tertiary/aromatic N) is 3. The van der Waals surface area contributed by atoms with Gasteiger partial charge in [0.1, 0.15) is 0 Å². The van der Waals surface area contributed by atoms with E-state index in [1.54, 1.807) is 4.90 Å². The fourth-order valence-electron chi connectivity index (χ4n) is 3.61. The molecule has 4 rings (SSSR count). The molecule has 2 heterocycles. The predicted molar refractivity (Wildman–Crippen MR) is 109 cm³/mol. The number of carbonyl (C=O) groups is 2. The van der Waals surface area contributed by atoms with Gasteiger partial charge in [-0.2, -0.15) is 5.10 Å². The van der Waals surface area contributed by atoms with Crippen molar-refractivity contribution < 1.29 is 9.59 Å². The summed E-state index contributed by atoms with van der Waals surface area (Å²) in [6.07, 6.45) is 0.211. The van der Waals surface area contributed by atoms with E-state index in [9.17, 15) is 9.59 Å². The van der Waals surface area contributed by atoms with Crippen LogP contribution < -0.4 is 10.2 Å². The molecule has 6 heteroatoms. The van der Waals surface area contributed by atoms with Crippen molar-refractivity contribution in [3.63, 3.8) is 0 Å². The number of amides is 2. The molecule has 1 N–H and O–H groups in total. The first kappa shape index (κ1) is 18.0. The quantitative estimate of drug-likeness (QED) is 0.760. The van der Waals surface area contributed by atoms with Crippen LogP contribution in [-0.4, -0.2) is 28.1 Å². The van der Waals surface area contributed by atoms with Crippen molar-refractivity contribution in [2.45, 2.75) is 20.3 Å². The molecular weight excluding hydrogens is 352 g/mol. The van der Waals surface area contributed by atoms with Gasteiger partial charge in [0.2, 0.25) is 11.8 Å². The lowest BCUT2D eigenvalue weighted by molar-refractivity contribution is -0.122. The average Bonchev–Trinajstić information content (AvgIpc) is 3.24. The van der Waals surface area contributed by atoms with Crippen LogP contribution in [0.15, 0.2) is 60.7 Å². The van der Waals surface area contributed by atoms with Gasteiger partial charge in [-0.25, -0.2) is 4.68 Å². The Morgan fingerprint density at radius 2 is 1.79 bits per heavy atom. The maximum Gasteiger partial charge on any atom is 0.229 e. The highest BCUT2D eigenvalue weighted by Crippen LogP contribution is 2.27. The second-order valence-electron chi connectivity index (χ2n) is 7.09. The number of aromatic nitrogens is 2. The Morgan fingerprint density at radius 1 is 1.07 bits per heavy atom. The Kier molecular flexibility index (Phi) is 4.69. The Hall–Kier alpha value is -3.41. The molecule has 0 bridgehead atoms. The molecule has 1 fully saturated rings. The Balaban J connectivity index is 1.54. The smallest absolute Gasteiger partial charge is 0.229 e. The minimum Gasteiger partial charge on any atom is -0.324 e. The molecule has 0 spiro atoms. The van der Waals surface area contributed by atoms with Gasteiger partial charge in [0.25, 0.3) is 0 Å². The minimum atomic E-state index is -0.388. The number of anilines is 2. The van der Waals surface area contributed by atoms with Gasteiger partial charge in [0.05, 0.1) is 23.0 Å². The molecule has 0 radical (unpaired) electrons. The van der Waals surface area contributed by atoms with Gasteiger partial charge in [-0.1, -0.05) is 30.3 Å². The lowest BCUT2D eigenvalue weighted by atomic mass is 10.1. The number of aryl methyl sites for hydroxylation is 2. The van der Waals surface area contributed by atoms with Gasteiger partial charge in [-0.05, 0) is 44.2 Å². The highest BCUT2D eigenvalue weighted by atomic mass is 16.2. The zero-order valence-corrected chi connectivity index (χ0v) is 15.9. The van der Waals surface area contributed by atoms with Crippen molar-refractivity contribution in [1.29, 1.82) is 0 Å². The third-order valence-electron chi connectivity index (χ3n) is 4.96. The zero-order chi connectivity index (χ0) is 19.7. The molecule has 28 heavy (non-hydrogen) atoms. The van der Waals surface area contributed by atoms with E-state index in [0.29, 0.717) is 12.2 Å². The molecular formula is C22H22N4O2. The van der Waals surface area contributed by atoms with E-state index >= 15 is 0 Å². The van der Waals surface area contributed by atoms with Gasteiger partial charge in [-0.3, -0.25) is 9.59 Å². The number of hydrogen-bond donors (Lipinski definition) is 1. The van der Waals surface area contributed by atoms with Gasteiger partial charge >= 0.3 is 0 Å². The fraction of sp³-hybridized carbons (Fsp3) is 0.227. The van der Waals surface area contributed by atoms with Gasteiger partial charge in [0, 0.05) is 24.3 Å². The molecule has 1 unspecified atom stereocenters. The largest absolute Gasteiger partial charge is 0.324 e. The van der Waals surface area contributed by atoms with Crippen molar-refractivity contribution in [3.05, 3.63) is 72.1 Å². The monoisotopic (exact) mass is 374 g/mol. The van der Waals surface area contributed by atoms with Crippen LogP contribution >= 0.6 is 0 Å². The molecule has 1 aliphatic rings. The summed E-state index contributed by atoms with van der Waals surface area (Å²) in [5.74, 6) is -0.569. The third kappa shape index (κ3) is 3.41. The van der Waals surface area contributed by atoms with E-state index in [1.165, 1.54) is 0 Å². The van der Waals surface area contributed by atoms with Crippen LogP contribution in [0.2, 0.25) is 0 Å². The lowest BCUT2D eigenvalue weighted by Gasteiger charge is -2.17. The summed E-state index contributed by atoms with van der Waals surface area (Å²) in [7, 11) is 0. The summed E-state index contributed by atoms with van der Waals surface area (Å²) >= 11 is 0. The van der Waals surface area contributed by atoms with E-state index < -0.39 is 0 Å². The van der Waals surface area contributed by atoms with E-state index in [1.807, 2.05) is 79.2 Å². The first-order valence-electron chi connectivity index (χ1n) is 9.32. The summed E-state index contributed by atoms with van der Waals surface area (Å²) in [6.45, 7) is 4.30. The topological polar surface area (TPSA) is 67.2 Å². The molecule has 6 nitrogen and oxygen atoms in total. The van der Waals surface area contributed by atoms with Crippen molar-refractivity contribution in [1.82, 2.24) is 9.78 Å². The van der Waals surface area contributed by atoms with E-state index in [0.717, 1.165) is 22.8 Å². The normalized spacial score (nSPS) is 16.4. The second kappa shape index (κ2) is 7.31. The molecule has 1 atom stereocenters. The standard InChI is InChI=1S/C22H22N4O2/c1-15-12-16(2)26(24-15)20-11-7-6-10-19(20)23-22(28)17-13-21(27)25(14-17)18-8-4-3-5-9-18/h3-12,17H,13-14H2,1-2H3,(H,23,28). The van der Waals surface area contributed by atoms with E-state index in [2.05, 4.69) is 10.4 Å². The maximum absolute atomic E-state index is 12.9. The number of benzene rings is 2. The lowest BCUT2D eigenvalue weighted by Crippen LogP contribution is -2.28. The molecule has 2 amide bonds. The highest BCUT2D eigenvalue weighted by molar-refractivity contribution is 6.04. The fourth-order valence-corrected chi connectivity index (χ4v) is 3.61. The third-order valence-corrected chi connectivity index (χ3v) is 4.96. The SMILES string of the molecule is Cc1cc(C)n(-c2ccccc2NC(=O)C2CC(=O)N(c3ccccc3)C2)n1. The number of nitrogens with one attached hydrogen (secondary N) is 1. The first-order chi connectivity index (χ1) is 13.5. The van der Waals surface area contributed by atoms with Crippen LogP contribution in [0.3, 0.4) is 0 Å². The van der Waals surface area contributed by atoms with Crippen LogP contribution in [0.5, 0.6) is 0 Å². The van der Waals surface area contributed by atoms with Gasteiger partial charge in [0.15, 0.2) is 0 Å². The van der Waals surface area contributed by atoms with E-state index in [4.69, 9.17) is 0 Å². The highest BCUT2D eigenvalue weighted by Gasteiger charge is 2.35. The van der Waals surface area contributed by atoms with Gasteiger partial charge < -0.3 is 10.2 Å². The Morgan fingerprint density at radius 3 is 2.50 bits per heavy atom. The van der Waals surface area contributed by atoms with Crippen molar-refractivity contribution in [3.8, 4) is 5.69 Å². The summed E-state index contributed by atoms with van der Waals surface area (Å²) in [6, 6.07) is 19.0. The summed E-state index contributed by atoms with van der Waals surface area (Å²) < 4.78 is 1.82. The first-order valence-corrected chi connectivity index (χ1v) is 9.32. The molecule has 1 saturated heterocycles. The number of hydrogen-bond acceptors (Lipinski definition) is 3. The van der Waals surface area contributed by atoms with Crippen LogP contribution in [0.1, 0.15) is 17.8 Å². The molecule has 0 saturated carbocycles. The number of rotatable bonds is 4. The van der Waals surface area contributed by atoms with Gasteiger partial charge in [-0.15, -0.1) is 0 Å². The van der Waals surface area contributed by atoms with Crippen LogP contribution in [0.4, 0.5) is 11.4 Å². The molecule has 2 aromatic carbocycles. The minimum absolute atomic E-state index is 0.0295. The summed E-state index contributed by atoms with van der Waals surface area (Å²) in [5.41, 5.74) is 4.23.